The summed E-state index contributed by atoms with van der Waals surface area (Å²) in [5.74, 6) is 1.76. The Morgan fingerprint density at radius 2 is 1.90 bits per heavy atom. The summed E-state index contributed by atoms with van der Waals surface area (Å²) in [6.45, 7) is 6.95. The van der Waals surface area contributed by atoms with Gasteiger partial charge in [-0.15, -0.1) is 0 Å². The second kappa shape index (κ2) is 7.48. The lowest BCUT2D eigenvalue weighted by Crippen LogP contribution is -2.23. The van der Waals surface area contributed by atoms with Crippen LogP contribution in [0.15, 0.2) is 42.7 Å². The average Bonchev–Trinajstić information content (AvgIpc) is 2.52. The molecule has 0 saturated heterocycles. The Labute approximate surface area is 120 Å². The SMILES string of the molecule is CCCNc1cncc(N(CC)Cc2ccccc2)n1. The summed E-state index contributed by atoms with van der Waals surface area (Å²) in [6.07, 6.45) is 4.67. The molecule has 0 bridgehead atoms. The van der Waals surface area contributed by atoms with Crippen LogP contribution in [0, 0.1) is 0 Å². The summed E-state index contributed by atoms with van der Waals surface area (Å²) in [7, 11) is 0. The van der Waals surface area contributed by atoms with Crippen molar-refractivity contribution in [3.63, 3.8) is 0 Å². The molecule has 1 aromatic carbocycles. The van der Waals surface area contributed by atoms with E-state index in [1.807, 2.05) is 12.3 Å². The smallest absolute Gasteiger partial charge is 0.149 e. The van der Waals surface area contributed by atoms with E-state index < -0.39 is 0 Å². The molecule has 106 valence electrons. The van der Waals surface area contributed by atoms with Crippen LogP contribution in [0.2, 0.25) is 0 Å². The molecule has 2 rings (SSSR count). The van der Waals surface area contributed by atoms with Crippen molar-refractivity contribution in [3.8, 4) is 0 Å². The van der Waals surface area contributed by atoms with Gasteiger partial charge in [0.1, 0.15) is 11.6 Å². The van der Waals surface area contributed by atoms with E-state index in [0.29, 0.717) is 0 Å². The van der Waals surface area contributed by atoms with Gasteiger partial charge in [0.2, 0.25) is 0 Å². The lowest BCUT2D eigenvalue weighted by molar-refractivity contribution is 0.808. The lowest BCUT2D eigenvalue weighted by Gasteiger charge is -2.22. The first kappa shape index (κ1) is 14.3. The van der Waals surface area contributed by atoms with Gasteiger partial charge in [-0.25, -0.2) is 4.98 Å². The fourth-order valence-corrected chi connectivity index (χ4v) is 2.00. The number of anilines is 2. The van der Waals surface area contributed by atoms with Crippen LogP contribution in [0.3, 0.4) is 0 Å². The van der Waals surface area contributed by atoms with Gasteiger partial charge in [0.05, 0.1) is 12.4 Å². The van der Waals surface area contributed by atoms with Crippen molar-refractivity contribution < 1.29 is 0 Å². The van der Waals surface area contributed by atoms with Crippen molar-refractivity contribution in [2.45, 2.75) is 26.8 Å². The fraction of sp³-hybridized carbons (Fsp3) is 0.375. The molecule has 1 heterocycles. The predicted octanol–water partition coefficient (Wildman–Crippen LogP) is 3.33. The van der Waals surface area contributed by atoms with Gasteiger partial charge >= 0.3 is 0 Å². The van der Waals surface area contributed by atoms with E-state index in [2.05, 4.69) is 58.3 Å². The molecular formula is C16H22N4. The summed E-state index contributed by atoms with van der Waals surface area (Å²) in [6, 6.07) is 10.4. The Morgan fingerprint density at radius 3 is 2.60 bits per heavy atom. The standard InChI is InChI=1S/C16H22N4/c1-3-10-18-15-11-17-12-16(19-15)20(4-2)13-14-8-6-5-7-9-14/h5-9,11-12H,3-4,10,13H2,1-2H3,(H,18,19). The molecular weight excluding hydrogens is 248 g/mol. The fourth-order valence-electron chi connectivity index (χ4n) is 2.00. The molecule has 0 saturated carbocycles. The summed E-state index contributed by atoms with van der Waals surface area (Å²) in [5, 5.41) is 3.28. The third-order valence-corrected chi connectivity index (χ3v) is 3.10. The summed E-state index contributed by atoms with van der Waals surface area (Å²) >= 11 is 0. The molecule has 0 unspecified atom stereocenters. The predicted molar refractivity (Wildman–Crippen MR) is 84.0 cm³/mol. The van der Waals surface area contributed by atoms with Gasteiger partial charge in [-0.3, -0.25) is 4.98 Å². The average molecular weight is 270 g/mol. The van der Waals surface area contributed by atoms with E-state index in [1.54, 1.807) is 6.20 Å². The molecule has 0 spiro atoms. The summed E-state index contributed by atoms with van der Waals surface area (Å²) in [5.41, 5.74) is 1.28. The number of hydrogen-bond acceptors (Lipinski definition) is 4. The minimum atomic E-state index is 0.843. The molecule has 0 fully saturated rings. The molecule has 1 aromatic heterocycles. The van der Waals surface area contributed by atoms with Gasteiger partial charge in [-0.2, -0.15) is 0 Å². The topological polar surface area (TPSA) is 41.1 Å². The maximum absolute atomic E-state index is 4.63. The van der Waals surface area contributed by atoms with Crippen molar-refractivity contribution in [2.24, 2.45) is 0 Å². The molecule has 0 aliphatic rings. The number of rotatable bonds is 7. The van der Waals surface area contributed by atoms with Gasteiger partial charge in [-0.1, -0.05) is 37.3 Å². The van der Waals surface area contributed by atoms with E-state index in [-0.39, 0.29) is 0 Å². The molecule has 0 aliphatic heterocycles. The first-order valence-corrected chi connectivity index (χ1v) is 7.18. The minimum Gasteiger partial charge on any atom is -0.369 e. The third-order valence-electron chi connectivity index (χ3n) is 3.10. The van der Waals surface area contributed by atoms with Crippen molar-refractivity contribution in [1.29, 1.82) is 0 Å². The van der Waals surface area contributed by atoms with Crippen molar-refractivity contribution >= 4 is 11.6 Å². The van der Waals surface area contributed by atoms with Crippen LogP contribution < -0.4 is 10.2 Å². The highest BCUT2D eigenvalue weighted by atomic mass is 15.2. The second-order valence-corrected chi connectivity index (χ2v) is 4.69. The normalized spacial score (nSPS) is 10.3. The number of nitrogens with zero attached hydrogens (tertiary/aromatic N) is 3. The summed E-state index contributed by atoms with van der Waals surface area (Å²) in [4.78, 5) is 11.1. The van der Waals surface area contributed by atoms with E-state index in [4.69, 9.17) is 0 Å². The molecule has 0 atom stereocenters. The zero-order valence-electron chi connectivity index (χ0n) is 12.2. The zero-order valence-corrected chi connectivity index (χ0v) is 12.2. The Morgan fingerprint density at radius 1 is 1.10 bits per heavy atom. The highest BCUT2D eigenvalue weighted by Gasteiger charge is 2.08. The maximum Gasteiger partial charge on any atom is 0.149 e. The molecule has 1 N–H and O–H groups in total. The Bertz CT molecular complexity index is 513. The van der Waals surface area contributed by atoms with Crippen LogP contribution in [0.1, 0.15) is 25.8 Å². The quantitative estimate of drug-likeness (QED) is 0.838. The van der Waals surface area contributed by atoms with Crippen LogP contribution in [-0.2, 0) is 6.54 Å². The first-order chi connectivity index (χ1) is 9.83. The van der Waals surface area contributed by atoms with Crippen molar-refractivity contribution in [3.05, 3.63) is 48.3 Å². The van der Waals surface area contributed by atoms with Gasteiger partial charge in [0, 0.05) is 19.6 Å². The number of aromatic nitrogens is 2. The Balaban J connectivity index is 2.10. The zero-order chi connectivity index (χ0) is 14.2. The van der Waals surface area contributed by atoms with Crippen LogP contribution in [0.25, 0.3) is 0 Å². The van der Waals surface area contributed by atoms with Gasteiger partial charge in [0.15, 0.2) is 0 Å². The van der Waals surface area contributed by atoms with Gasteiger partial charge in [0.25, 0.3) is 0 Å². The van der Waals surface area contributed by atoms with Crippen LogP contribution in [0.4, 0.5) is 11.6 Å². The lowest BCUT2D eigenvalue weighted by atomic mass is 10.2. The largest absolute Gasteiger partial charge is 0.369 e. The highest BCUT2D eigenvalue weighted by molar-refractivity contribution is 5.44. The molecule has 20 heavy (non-hydrogen) atoms. The first-order valence-electron chi connectivity index (χ1n) is 7.18. The number of benzene rings is 1. The minimum absolute atomic E-state index is 0.843. The molecule has 4 heteroatoms. The Hall–Kier alpha value is -2.10. The van der Waals surface area contributed by atoms with E-state index in [0.717, 1.165) is 37.7 Å². The molecule has 0 radical (unpaired) electrons. The van der Waals surface area contributed by atoms with Crippen molar-refractivity contribution in [2.75, 3.05) is 23.3 Å². The van der Waals surface area contributed by atoms with Crippen LogP contribution >= 0.6 is 0 Å². The third kappa shape index (κ3) is 3.95. The maximum atomic E-state index is 4.63. The van der Waals surface area contributed by atoms with Crippen molar-refractivity contribution in [1.82, 2.24) is 9.97 Å². The number of hydrogen-bond donors (Lipinski definition) is 1. The highest BCUT2D eigenvalue weighted by Crippen LogP contribution is 2.15. The van der Waals surface area contributed by atoms with Crippen LogP contribution in [-0.4, -0.2) is 23.1 Å². The van der Waals surface area contributed by atoms with Crippen LogP contribution in [0.5, 0.6) is 0 Å². The molecule has 0 amide bonds. The molecule has 2 aromatic rings. The van der Waals surface area contributed by atoms with E-state index in [1.165, 1.54) is 5.56 Å². The van der Waals surface area contributed by atoms with E-state index in [9.17, 15) is 0 Å². The number of nitrogens with one attached hydrogen (secondary N) is 1. The second-order valence-electron chi connectivity index (χ2n) is 4.69. The Kier molecular flexibility index (Phi) is 5.35. The van der Waals surface area contributed by atoms with Gasteiger partial charge in [-0.05, 0) is 18.9 Å². The molecule has 4 nitrogen and oxygen atoms in total. The van der Waals surface area contributed by atoms with E-state index >= 15 is 0 Å². The molecule has 0 aliphatic carbocycles. The summed E-state index contributed by atoms with van der Waals surface area (Å²) < 4.78 is 0. The monoisotopic (exact) mass is 270 g/mol. The van der Waals surface area contributed by atoms with Gasteiger partial charge < -0.3 is 10.2 Å².